The van der Waals surface area contributed by atoms with Crippen LogP contribution in [0.15, 0.2) is 24.3 Å². The summed E-state index contributed by atoms with van der Waals surface area (Å²) in [5.41, 5.74) is 8.32. The standard InChI is InChI=1S/C15H24N2O/c1-12-4-3-5-13(8-12)10-17(2)11-15-7-6-14(9-16)18-15/h3-5,8,14-15H,6-7,9-11,16H2,1-2H3. The third-order valence-corrected chi connectivity index (χ3v) is 3.51. The second-order valence-corrected chi connectivity index (χ2v) is 5.38. The van der Waals surface area contributed by atoms with E-state index in [1.54, 1.807) is 0 Å². The van der Waals surface area contributed by atoms with E-state index in [1.807, 2.05) is 0 Å². The van der Waals surface area contributed by atoms with Gasteiger partial charge in [0.05, 0.1) is 12.2 Å². The van der Waals surface area contributed by atoms with Crippen molar-refractivity contribution in [3.05, 3.63) is 35.4 Å². The lowest BCUT2D eigenvalue weighted by atomic mass is 10.1. The molecular weight excluding hydrogens is 224 g/mol. The molecule has 0 amide bonds. The monoisotopic (exact) mass is 248 g/mol. The van der Waals surface area contributed by atoms with Crippen LogP contribution in [0, 0.1) is 6.92 Å². The minimum absolute atomic E-state index is 0.280. The highest BCUT2D eigenvalue weighted by Crippen LogP contribution is 2.20. The lowest BCUT2D eigenvalue weighted by Gasteiger charge is -2.21. The molecule has 1 heterocycles. The Morgan fingerprint density at radius 2 is 2.11 bits per heavy atom. The van der Waals surface area contributed by atoms with E-state index in [2.05, 4.69) is 43.1 Å². The molecule has 3 nitrogen and oxygen atoms in total. The maximum absolute atomic E-state index is 5.88. The molecule has 2 N–H and O–H groups in total. The molecule has 1 aliphatic heterocycles. The number of benzene rings is 1. The molecule has 1 aliphatic rings. The normalized spacial score (nSPS) is 23.8. The van der Waals surface area contributed by atoms with Crippen LogP contribution < -0.4 is 5.73 Å². The minimum atomic E-state index is 0.280. The van der Waals surface area contributed by atoms with Gasteiger partial charge in [0.1, 0.15) is 0 Å². The van der Waals surface area contributed by atoms with E-state index in [1.165, 1.54) is 11.1 Å². The van der Waals surface area contributed by atoms with Crippen LogP contribution in [0.25, 0.3) is 0 Å². The average Bonchev–Trinajstić information content (AvgIpc) is 2.76. The lowest BCUT2D eigenvalue weighted by molar-refractivity contribution is 0.0306. The third-order valence-electron chi connectivity index (χ3n) is 3.51. The van der Waals surface area contributed by atoms with Crippen molar-refractivity contribution in [1.82, 2.24) is 4.90 Å². The van der Waals surface area contributed by atoms with E-state index in [0.717, 1.165) is 25.9 Å². The van der Waals surface area contributed by atoms with Crippen LogP contribution in [0.2, 0.25) is 0 Å². The number of hydrogen-bond acceptors (Lipinski definition) is 3. The molecule has 0 aromatic heterocycles. The van der Waals surface area contributed by atoms with E-state index >= 15 is 0 Å². The first-order valence-electron chi connectivity index (χ1n) is 6.77. The van der Waals surface area contributed by atoms with Gasteiger partial charge in [0.2, 0.25) is 0 Å². The molecule has 0 aliphatic carbocycles. The summed E-state index contributed by atoms with van der Waals surface area (Å²) in [5.74, 6) is 0. The number of ether oxygens (including phenoxy) is 1. The SMILES string of the molecule is Cc1cccc(CN(C)CC2CCC(CN)O2)c1. The Kier molecular flexibility index (Phi) is 4.75. The fraction of sp³-hybridized carbons (Fsp3) is 0.600. The Labute approximate surface area is 110 Å². The quantitative estimate of drug-likeness (QED) is 0.865. The molecule has 1 saturated heterocycles. The van der Waals surface area contributed by atoms with Crippen LogP contribution in [0.3, 0.4) is 0 Å². The number of nitrogens with two attached hydrogens (primary N) is 1. The van der Waals surface area contributed by atoms with Crippen molar-refractivity contribution < 1.29 is 4.74 Å². The van der Waals surface area contributed by atoms with Crippen molar-refractivity contribution in [2.75, 3.05) is 20.1 Å². The Hall–Kier alpha value is -0.900. The van der Waals surface area contributed by atoms with Crippen LogP contribution in [-0.2, 0) is 11.3 Å². The van der Waals surface area contributed by atoms with Crippen LogP contribution >= 0.6 is 0 Å². The number of hydrogen-bond donors (Lipinski definition) is 1. The van der Waals surface area contributed by atoms with Gasteiger partial charge in [-0.3, -0.25) is 4.90 Å². The van der Waals surface area contributed by atoms with Crippen molar-refractivity contribution in [1.29, 1.82) is 0 Å². The fourth-order valence-corrected chi connectivity index (χ4v) is 2.62. The van der Waals surface area contributed by atoms with Crippen LogP contribution in [0.5, 0.6) is 0 Å². The molecule has 1 fully saturated rings. The zero-order valence-electron chi connectivity index (χ0n) is 11.4. The van der Waals surface area contributed by atoms with Gasteiger partial charge in [-0.15, -0.1) is 0 Å². The number of aryl methyl sites for hydroxylation is 1. The average molecular weight is 248 g/mol. The first-order chi connectivity index (χ1) is 8.67. The summed E-state index contributed by atoms with van der Waals surface area (Å²) < 4.78 is 5.88. The van der Waals surface area contributed by atoms with Crippen LogP contribution in [0.4, 0.5) is 0 Å². The molecule has 1 aromatic rings. The number of nitrogens with zero attached hydrogens (tertiary/aromatic N) is 1. The van der Waals surface area contributed by atoms with Gasteiger partial charge < -0.3 is 10.5 Å². The number of likely N-dealkylation sites (N-methyl/N-ethyl adjacent to an activating group) is 1. The van der Waals surface area contributed by atoms with Crippen molar-refractivity contribution in [3.63, 3.8) is 0 Å². The van der Waals surface area contributed by atoms with Crippen molar-refractivity contribution in [3.8, 4) is 0 Å². The second kappa shape index (κ2) is 6.32. The highest BCUT2D eigenvalue weighted by molar-refractivity contribution is 5.21. The maximum Gasteiger partial charge on any atom is 0.0707 e. The summed E-state index contributed by atoms with van der Waals surface area (Å²) in [6, 6.07) is 8.68. The number of rotatable bonds is 5. The van der Waals surface area contributed by atoms with Crippen molar-refractivity contribution in [2.45, 2.75) is 38.5 Å². The van der Waals surface area contributed by atoms with E-state index in [4.69, 9.17) is 10.5 Å². The van der Waals surface area contributed by atoms with Gasteiger partial charge in [-0.1, -0.05) is 29.8 Å². The summed E-state index contributed by atoms with van der Waals surface area (Å²) in [4.78, 5) is 2.33. The first-order valence-corrected chi connectivity index (χ1v) is 6.77. The summed E-state index contributed by atoms with van der Waals surface area (Å²) in [6.07, 6.45) is 2.88. The Morgan fingerprint density at radius 1 is 1.33 bits per heavy atom. The van der Waals surface area contributed by atoms with Gasteiger partial charge in [-0.25, -0.2) is 0 Å². The molecule has 18 heavy (non-hydrogen) atoms. The molecule has 0 saturated carbocycles. The molecule has 2 atom stereocenters. The summed E-state index contributed by atoms with van der Waals surface area (Å²) in [7, 11) is 2.15. The lowest BCUT2D eigenvalue weighted by Crippen LogP contribution is -2.30. The highest BCUT2D eigenvalue weighted by Gasteiger charge is 2.24. The largest absolute Gasteiger partial charge is 0.372 e. The molecule has 1 aromatic carbocycles. The first kappa shape index (κ1) is 13.5. The van der Waals surface area contributed by atoms with Gasteiger partial charge in [0.25, 0.3) is 0 Å². The van der Waals surface area contributed by atoms with Gasteiger partial charge >= 0.3 is 0 Å². The predicted molar refractivity (Wildman–Crippen MR) is 74.5 cm³/mol. The maximum atomic E-state index is 5.88. The summed E-state index contributed by atoms with van der Waals surface area (Å²) >= 11 is 0. The van der Waals surface area contributed by atoms with Gasteiger partial charge in [0.15, 0.2) is 0 Å². The highest BCUT2D eigenvalue weighted by atomic mass is 16.5. The molecular formula is C15H24N2O. The fourth-order valence-electron chi connectivity index (χ4n) is 2.62. The van der Waals surface area contributed by atoms with E-state index in [0.29, 0.717) is 12.6 Å². The van der Waals surface area contributed by atoms with E-state index in [-0.39, 0.29) is 6.10 Å². The Bertz CT molecular complexity index is 381. The molecule has 2 unspecified atom stereocenters. The Balaban J connectivity index is 1.80. The zero-order chi connectivity index (χ0) is 13.0. The smallest absolute Gasteiger partial charge is 0.0707 e. The topological polar surface area (TPSA) is 38.5 Å². The van der Waals surface area contributed by atoms with Crippen LogP contribution in [-0.4, -0.2) is 37.2 Å². The van der Waals surface area contributed by atoms with Crippen molar-refractivity contribution in [2.24, 2.45) is 5.73 Å². The minimum Gasteiger partial charge on any atom is -0.372 e. The molecule has 0 radical (unpaired) electrons. The summed E-state index contributed by atoms with van der Waals surface area (Å²) in [5, 5.41) is 0. The third kappa shape index (κ3) is 3.80. The van der Waals surface area contributed by atoms with Crippen molar-refractivity contribution >= 4 is 0 Å². The Morgan fingerprint density at radius 3 is 2.78 bits per heavy atom. The molecule has 3 heteroatoms. The van der Waals surface area contributed by atoms with Gasteiger partial charge in [-0.2, -0.15) is 0 Å². The van der Waals surface area contributed by atoms with Gasteiger partial charge in [0, 0.05) is 19.6 Å². The molecule has 2 rings (SSSR count). The molecule has 0 bridgehead atoms. The second-order valence-electron chi connectivity index (χ2n) is 5.38. The molecule has 100 valence electrons. The van der Waals surface area contributed by atoms with Gasteiger partial charge in [-0.05, 0) is 32.4 Å². The molecule has 0 spiro atoms. The van der Waals surface area contributed by atoms with E-state index < -0.39 is 0 Å². The predicted octanol–water partition coefficient (Wildman–Crippen LogP) is 1.93. The van der Waals surface area contributed by atoms with Crippen LogP contribution in [0.1, 0.15) is 24.0 Å². The zero-order valence-corrected chi connectivity index (χ0v) is 11.4. The van der Waals surface area contributed by atoms with E-state index in [9.17, 15) is 0 Å². The summed E-state index contributed by atoms with van der Waals surface area (Å²) in [6.45, 7) is 4.76.